The molecule has 1 aromatic carbocycles. The van der Waals surface area contributed by atoms with Crippen molar-refractivity contribution >= 4 is 29.9 Å². The van der Waals surface area contributed by atoms with E-state index in [1.54, 1.807) is 26.3 Å². The lowest BCUT2D eigenvalue weighted by molar-refractivity contribution is 0.285. The highest BCUT2D eigenvalue weighted by atomic mass is 127. The van der Waals surface area contributed by atoms with Gasteiger partial charge in [0.25, 0.3) is 0 Å². The Bertz CT molecular complexity index is 830. The van der Waals surface area contributed by atoms with Gasteiger partial charge >= 0.3 is 0 Å². The molecule has 3 rings (SSSR count). The molecule has 2 N–H and O–H groups in total. The van der Waals surface area contributed by atoms with E-state index >= 15 is 0 Å². The van der Waals surface area contributed by atoms with Gasteiger partial charge in [0.1, 0.15) is 0 Å². The number of methoxy groups -OCH3 is 1. The molecule has 0 bridgehead atoms. The lowest BCUT2D eigenvalue weighted by Crippen LogP contribution is -2.38. The first-order valence-corrected chi connectivity index (χ1v) is 9.48. The number of benzene rings is 1. The highest BCUT2D eigenvalue weighted by molar-refractivity contribution is 14.0. The standard InChI is InChI=1S/C21H27FN4O2.HI/c1-14(16-9-10-19(18(22)11-16)28-13-15-7-8-15)25-21(23-2)24-12-17-5-4-6-20(26-17)27-3;/h4-6,9-11,14-15H,7-8,12-13H2,1-3H3,(H2,23,24,25);1H. The van der Waals surface area contributed by atoms with Gasteiger partial charge in [-0.05, 0) is 49.4 Å². The Morgan fingerprint density at radius 2 is 2.10 bits per heavy atom. The summed E-state index contributed by atoms with van der Waals surface area (Å²) in [5, 5.41) is 6.47. The molecule has 0 amide bonds. The predicted molar refractivity (Wildman–Crippen MR) is 123 cm³/mol. The fraction of sp³-hybridized carbons (Fsp3) is 0.429. The van der Waals surface area contributed by atoms with E-state index in [0.717, 1.165) is 11.3 Å². The van der Waals surface area contributed by atoms with Gasteiger partial charge in [-0.1, -0.05) is 12.1 Å². The van der Waals surface area contributed by atoms with E-state index in [9.17, 15) is 4.39 Å². The summed E-state index contributed by atoms with van der Waals surface area (Å²) in [5.74, 6) is 1.74. The van der Waals surface area contributed by atoms with Crippen LogP contribution in [0.25, 0.3) is 0 Å². The Hall–Kier alpha value is -2.10. The third-order valence-electron chi connectivity index (χ3n) is 4.63. The van der Waals surface area contributed by atoms with Crippen molar-refractivity contribution < 1.29 is 13.9 Å². The zero-order valence-corrected chi connectivity index (χ0v) is 19.3. The molecule has 0 saturated heterocycles. The van der Waals surface area contributed by atoms with Gasteiger partial charge in [0, 0.05) is 13.1 Å². The SMILES string of the molecule is CN=C(NCc1cccc(OC)n1)NC(C)c1ccc(OCC2CC2)c(F)c1.I. The molecular formula is C21H28FIN4O2. The predicted octanol–water partition coefficient (Wildman–Crippen LogP) is 4.06. The molecule has 1 heterocycles. The summed E-state index contributed by atoms with van der Waals surface area (Å²) in [5.41, 5.74) is 1.65. The van der Waals surface area contributed by atoms with Crippen molar-refractivity contribution in [3.05, 3.63) is 53.5 Å². The lowest BCUT2D eigenvalue weighted by atomic mass is 10.1. The van der Waals surface area contributed by atoms with Gasteiger partial charge in [-0.15, -0.1) is 24.0 Å². The largest absolute Gasteiger partial charge is 0.490 e. The van der Waals surface area contributed by atoms with Crippen LogP contribution in [0.2, 0.25) is 0 Å². The number of hydrogen-bond acceptors (Lipinski definition) is 4. The monoisotopic (exact) mass is 514 g/mol. The molecule has 1 aliphatic carbocycles. The summed E-state index contributed by atoms with van der Waals surface area (Å²) in [4.78, 5) is 8.58. The number of ether oxygens (including phenoxy) is 2. The molecule has 1 aromatic heterocycles. The van der Waals surface area contributed by atoms with Crippen molar-refractivity contribution in [1.29, 1.82) is 0 Å². The number of halogens is 2. The number of guanidine groups is 1. The summed E-state index contributed by atoms with van der Waals surface area (Å²) in [7, 11) is 3.28. The van der Waals surface area contributed by atoms with E-state index in [2.05, 4.69) is 20.6 Å². The van der Waals surface area contributed by atoms with E-state index in [4.69, 9.17) is 9.47 Å². The molecule has 1 unspecified atom stereocenters. The van der Waals surface area contributed by atoms with Crippen LogP contribution in [0, 0.1) is 11.7 Å². The molecule has 0 aliphatic heterocycles. The molecular weight excluding hydrogens is 486 g/mol. The van der Waals surface area contributed by atoms with Crippen molar-refractivity contribution in [3.63, 3.8) is 0 Å². The Morgan fingerprint density at radius 1 is 1.31 bits per heavy atom. The number of nitrogens with zero attached hydrogens (tertiary/aromatic N) is 2. The number of hydrogen-bond donors (Lipinski definition) is 2. The van der Waals surface area contributed by atoms with Gasteiger partial charge < -0.3 is 20.1 Å². The number of aromatic nitrogens is 1. The number of pyridine rings is 1. The number of rotatable bonds is 8. The van der Waals surface area contributed by atoms with Gasteiger partial charge in [0.15, 0.2) is 17.5 Å². The van der Waals surface area contributed by atoms with E-state index in [0.29, 0.717) is 36.7 Å². The maximum Gasteiger partial charge on any atom is 0.213 e. The highest BCUT2D eigenvalue weighted by Crippen LogP contribution is 2.30. The first kappa shape index (κ1) is 23.2. The summed E-state index contributed by atoms with van der Waals surface area (Å²) < 4.78 is 25.0. The van der Waals surface area contributed by atoms with Crippen LogP contribution < -0.4 is 20.1 Å². The highest BCUT2D eigenvalue weighted by Gasteiger charge is 2.22. The number of nitrogens with one attached hydrogen (secondary N) is 2. The van der Waals surface area contributed by atoms with Crippen LogP contribution in [-0.2, 0) is 6.54 Å². The molecule has 2 aromatic rings. The Morgan fingerprint density at radius 3 is 2.76 bits per heavy atom. The minimum Gasteiger partial charge on any atom is -0.490 e. The van der Waals surface area contributed by atoms with Crippen molar-refractivity contribution in [2.45, 2.75) is 32.4 Å². The van der Waals surface area contributed by atoms with Crippen LogP contribution in [0.5, 0.6) is 11.6 Å². The third kappa shape index (κ3) is 7.02. The van der Waals surface area contributed by atoms with Crippen LogP contribution >= 0.6 is 24.0 Å². The van der Waals surface area contributed by atoms with E-state index in [1.807, 2.05) is 25.1 Å². The fourth-order valence-electron chi connectivity index (χ4n) is 2.72. The van der Waals surface area contributed by atoms with E-state index in [1.165, 1.54) is 18.9 Å². The summed E-state index contributed by atoms with van der Waals surface area (Å²) in [6.45, 7) is 3.04. The van der Waals surface area contributed by atoms with Crippen LogP contribution in [0.4, 0.5) is 4.39 Å². The van der Waals surface area contributed by atoms with Crippen molar-refractivity contribution in [2.24, 2.45) is 10.9 Å². The average molecular weight is 514 g/mol. The topological polar surface area (TPSA) is 67.8 Å². The smallest absolute Gasteiger partial charge is 0.213 e. The van der Waals surface area contributed by atoms with E-state index in [-0.39, 0.29) is 35.8 Å². The Kier molecular flexibility index (Phi) is 8.94. The zero-order chi connectivity index (χ0) is 19.9. The molecule has 29 heavy (non-hydrogen) atoms. The average Bonchev–Trinajstić information content (AvgIpc) is 3.54. The summed E-state index contributed by atoms with van der Waals surface area (Å²) >= 11 is 0. The molecule has 0 radical (unpaired) electrons. The molecule has 158 valence electrons. The molecule has 1 fully saturated rings. The van der Waals surface area contributed by atoms with Gasteiger partial charge in [0.2, 0.25) is 5.88 Å². The minimum atomic E-state index is -0.338. The molecule has 1 aliphatic rings. The fourth-order valence-corrected chi connectivity index (χ4v) is 2.72. The summed E-state index contributed by atoms with van der Waals surface area (Å²) in [6, 6.07) is 10.5. The maximum atomic E-state index is 14.3. The quantitative estimate of drug-likeness (QED) is 0.316. The second-order valence-electron chi connectivity index (χ2n) is 6.91. The normalized spacial score (nSPS) is 14.6. The Labute approximate surface area is 188 Å². The summed E-state index contributed by atoms with van der Waals surface area (Å²) in [6.07, 6.45) is 2.36. The van der Waals surface area contributed by atoms with Crippen LogP contribution in [-0.4, -0.2) is 31.7 Å². The molecule has 0 spiro atoms. The van der Waals surface area contributed by atoms with Crippen LogP contribution in [0.15, 0.2) is 41.4 Å². The molecule has 6 nitrogen and oxygen atoms in total. The second-order valence-corrected chi connectivity index (χ2v) is 6.91. The minimum absolute atomic E-state index is 0. The Balaban J connectivity index is 0.00000300. The second kappa shape index (κ2) is 11.2. The van der Waals surface area contributed by atoms with Crippen LogP contribution in [0.1, 0.15) is 37.1 Å². The number of aliphatic imine (C=N–C) groups is 1. The van der Waals surface area contributed by atoms with Gasteiger partial charge in [-0.25, -0.2) is 9.37 Å². The van der Waals surface area contributed by atoms with E-state index < -0.39 is 0 Å². The van der Waals surface area contributed by atoms with Gasteiger partial charge in [-0.2, -0.15) is 0 Å². The van der Waals surface area contributed by atoms with Crippen molar-refractivity contribution in [1.82, 2.24) is 15.6 Å². The van der Waals surface area contributed by atoms with Crippen LogP contribution in [0.3, 0.4) is 0 Å². The first-order valence-electron chi connectivity index (χ1n) is 9.48. The maximum absolute atomic E-state index is 14.3. The molecule has 1 atom stereocenters. The lowest BCUT2D eigenvalue weighted by Gasteiger charge is -2.19. The zero-order valence-electron chi connectivity index (χ0n) is 16.9. The molecule has 8 heteroatoms. The third-order valence-corrected chi connectivity index (χ3v) is 4.63. The van der Waals surface area contributed by atoms with Crippen molar-refractivity contribution in [2.75, 3.05) is 20.8 Å². The van der Waals surface area contributed by atoms with Crippen molar-refractivity contribution in [3.8, 4) is 11.6 Å². The van der Waals surface area contributed by atoms with Gasteiger partial charge in [-0.3, -0.25) is 4.99 Å². The molecule has 1 saturated carbocycles. The first-order chi connectivity index (χ1) is 13.6. The van der Waals surface area contributed by atoms with Gasteiger partial charge in [0.05, 0.1) is 32.0 Å².